The number of aliphatic carboxylic acids is 1. The Kier molecular flexibility index (Phi) is 6.58. The molecule has 7 heteroatoms. The average Bonchev–Trinajstić information content (AvgIpc) is 2.36. The second-order valence-electron chi connectivity index (χ2n) is 4.94. The standard InChI is InChI=1S/C12H22N2O5/c1-8(2)5-10(11(15)16)14-12(17)13-6-9-7-18-3-4-19-9/h8-10H,3-7H2,1-2H3,(H,15,16)(H2,13,14,17)/t9?,10-/m0/s1. The molecule has 110 valence electrons. The van der Waals surface area contributed by atoms with Crippen LogP contribution in [-0.2, 0) is 14.3 Å². The minimum atomic E-state index is -1.03. The van der Waals surface area contributed by atoms with Gasteiger partial charge in [0, 0.05) is 6.54 Å². The van der Waals surface area contributed by atoms with Gasteiger partial charge in [-0.1, -0.05) is 13.8 Å². The highest BCUT2D eigenvalue weighted by Crippen LogP contribution is 2.05. The summed E-state index contributed by atoms with van der Waals surface area (Å²) in [5.74, 6) is -0.836. The van der Waals surface area contributed by atoms with E-state index in [1.807, 2.05) is 13.8 Å². The quantitative estimate of drug-likeness (QED) is 0.643. The molecule has 0 aliphatic carbocycles. The van der Waals surface area contributed by atoms with Crippen molar-refractivity contribution < 1.29 is 24.2 Å². The molecule has 2 atom stereocenters. The van der Waals surface area contributed by atoms with E-state index in [9.17, 15) is 9.59 Å². The molecule has 19 heavy (non-hydrogen) atoms. The van der Waals surface area contributed by atoms with Crippen LogP contribution in [0.3, 0.4) is 0 Å². The van der Waals surface area contributed by atoms with E-state index in [-0.39, 0.29) is 12.0 Å². The lowest BCUT2D eigenvalue weighted by Crippen LogP contribution is -2.49. The Bertz CT molecular complexity index is 302. The molecule has 0 aromatic heterocycles. The highest BCUT2D eigenvalue weighted by Gasteiger charge is 2.22. The minimum Gasteiger partial charge on any atom is -0.480 e. The third-order valence-electron chi connectivity index (χ3n) is 2.69. The van der Waals surface area contributed by atoms with Crippen LogP contribution in [-0.4, -0.2) is 55.6 Å². The van der Waals surface area contributed by atoms with Crippen LogP contribution >= 0.6 is 0 Å². The molecule has 3 N–H and O–H groups in total. The van der Waals surface area contributed by atoms with Crippen molar-refractivity contribution in [3.8, 4) is 0 Å². The molecule has 1 unspecified atom stereocenters. The maximum atomic E-state index is 11.6. The summed E-state index contributed by atoms with van der Waals surface area (Å²) in [5.41, 5.74) is 0. The topological polar surface area (TPSA) is 96.9 Å². The summed E-state index contributed by atoms with van der Waals surface area (Å²) in [6, 6.07) is -1.37. The van der Waals surface area contributed by atoms with Gasteiger partial charge in [-0.25, -0.2) is 9.59 Å². The van der Waals surface area contributed by atoms with Gasteiger partial charge in [0.2, 0.25) is 0 Å². The second kappa shape index (κ2) is 7.96. The van der Waals surface area contributed by atoms with Crippen LogP contribution < -0.4 is 10.6 Å². The van der Waals surface area contributed by atoms with Gasteiger partial charge in [-0.05, 0) is 12.3 Å². The van der Waals surface area contributed by atoms with Gasteiger partial charge in [-0.2, -0.15) is 0 Å². The van der Waals surface area contributed by atoms with Crippen LogP contribution in [0.15, 0.2) is 0 Å². The Morgan fingerprint density at radius 1 is 1.37 bits per heavy atom. The van der Waals surface area contributed by atoms with E-state index < -0.39 is 18.0 Å². The predicted molar refractivity (Wildman–Crippen MR) is 68.0 cm³/mol. The van der Waals surface area contributed by atoms with E-state index in [2.05, 4.69) is 10.6 Å². The van der Waals surface area contributed by atoms with Crippen LogP contribution in [0.2, 0.25) is 0 Å². The summed E-state index contributed by atoms with van der Waals surface area (Å²) in [7, 11) is 0. The van der Waals surface area contributed by atoms with Crippen molar-refractivity contribution in [2.24, 2.45) is 5.92 Å². The fourth-order valence-corrected chi connectivity index (χ4v) is 1.76. The zero-order valence-corrected chi connectivity index (χ0v) is 11.3. The maximum absolute atomic E-state index is 11.6. The van der Waals surface area contributed by atoms with E-state index in [1.54, 1.807) is 0 Å². The van der Waals surface area contributed by atoms with Crippen molar-refractivity contribution in [1.29, 1.82) is 0 Å². The first-order chi connectivity index (χ1) is 8.99. The number of amides is 2. The molecule has 1 aliphatic rings. The summed E-state index contributed by atoms with van der Waals surface area (Å²) in [6.07, 6.45) is 0.221. The Morgan fingerprint density at radius 2 is 2.11 bits per heavy atom. The molecule has 0 aromatic rings. The van der Waals surface area contributed by atoms with E-state index in [1.165, 1.54) is 0 Å². The number of carboxylic acid groups (broad SMARTS) is 1. The first-order valence-corrected chi connectivity index (χ1v) is 6.45. The number of hydrogen-bond acceptors (Lipinski definition) is 4. The summed E-state index contributed by atoms with van der Waals surface area (Å²) in [4.78, 5) is 22.6. The molecular formula is C12H22N2O5. The monoisotopic (exact) mass is 274 g/mol. The van der Waals surface area contributed by atoms with E-state index in [0.717, 1.165) is 0 Å². The van der Waals surface area contributed by atoms with Crippen LogP contribution in [0.5, 0.6) is 0 Å². The second-order valence-corrected chi connectivity index (χ2v) is 4.94. The molecule has 0 saturated carbocycles. The van der Waals surface area contributed by atoms with Gasteiger partial charge in [0.1, 0.15) is 6.04 Å². The number of carboxylic acids is 1. The predicted octanol–water partition coefficient (Wildman–Crippen LogP) is 0.200. The summed E-state index contributed by atoms with van der Waals surface area (Å²) >= 11 is 0. The number of urea groups is 1. The van der Waals surface area contributed by atoms with Crippen molar-refractivity contribution in [1.82, 2.24) is 10.6 Å². The lowest BCUT2D eigenvalue weighted by molar-refractivity contribution is -0.139. The Balaban J connectivity index is 2.29. The van der Waals surface area contributed by atoms with Gasteiger partial charge in [0.05, 0.1) is 25.9 Å². The van der Waals surface area contributed by atoms with Gasteiger partial charge < -0.3 is 25.2 Å². The molecule has 1 aliphatic heterocycles. The van der Waals surface area contributed by atoms with Gasteiger partial charge in [-0.3, -0.25) is 0 Å². The normalized spacial score (nSPS) is 20.9. The summed E-state index contributed by atoms with van der Waals surface area (Å²) in [5, 5.41) is 14.0. The number of hydrogen-bond donors (Lipinski definition) is 3. The molecule has 1 saturated heterocycles. The Morgan fingerprint density at radius 3 is 2.63 bits per heavy atom. The third-order valence-corrected chi connectivity index (χ3v) is 2.69. The number of nitrogens with one attached hydrogen (secondary N) is 2. The zero-order valence-electron chi connectivity index (χ0n) is 11.3. The highest BCUT2D eigenvalue weighted by molar-refractivity contribution is 5.82. The molecule has 7 nitrogen and oxygen atoms in total. The van der Waals surface area contributed by atoms with Crippen molar-refractivity contribution >= 4 is 12.0 Å². The minimum absolute atomic E-state index is 0.173. The van der Waals surface area contributed by atoms with Crippen LogP contribution in [0.1, 0.15) is 20.3 Å². The van der Waals surface area contributed by atoms with E-state index >= 15 is 0 Å². The molecule has 0 spiro atoms. The number of ether oxygens (including phenoxy) is 2. The lowest BCUT2D eigenvalue weighted by atomic mass is 10.0. The molecule has 1 rings (SSSR count). The molecule has 2 amide bonds. The van der Waals surface area contributed by atoms with E-state index in [0.29, 0.717) is 32.8 Å². The van der Waals surface area contributed by atoms with Crippen molar-refractivity contribution in [2.75, 3.05) is 26.4 Å². The first kappa shape index (κ1) is 15.7. The highest BCUT2D eigenvalue weighted by atomic mass is 16.6. The van der Waals surface area contributed by atoms with Crippen LogP contribution in [0.4, 0.5) is 4.79 Å². The Labute approximate surface area is 112 Å². The molecule has 1 fully saturated rings. The Hall–Kier alpha value is -1.34. The zero-order chi connectivity index (χ0) is 14.3. The third kappa shape index (κ3) is 6.40. The molecular weight excluding hydrogens is 252 g/mol. The van der Waals surface area contributed by atoms with Crippen molar-refractivity contribution in [3.63, 3.8) is 0 Å². The average molecular weight is 274 g/mol. The molecule has 0 radical (unpaired) electrons. The SMILES string of the molecule is CC(C)C[C@H](NC(=O)NCC1COCCO1)C(=O)O. The number of carbonyl (C=O) groups excluding carboxylic acids is 1. The van der Waals surface area contributed by atoms with E-state index in [4.69, 9.17) is 14.6 Å². The number of rotatable bonds is 6. The fourth-order valence-electron chi connectivity index (χ4n) is 1.76. The number of carbonyl (C=O) groups is 2. The van der Waals surface area contributed by atoms with Gasteiger partial charge in [0.15, 0.2) is 0 Å². The van der Waals surface area contributed by atoms with Gasteiger partial charge in [0.25, 0.3) is 0 Å². The molecule has 0 aromatic carbocycles. The molecule has 0 bridgehead atoms. The summed E-state index contributed by atoms with van der Waals surface area (Å²) < 4.78 is 10.6. The summed E-state index contributed by atoms with van der Waals surface area (Å²) in [6.45, 7) is 5.64. The van der Waals surface area contributed by atoms with Gasteiger partial charge >= 0.3 is 12.0 Å². The van der Waals surface area contributed by atoms with Gasteiger partial charge in [-0.15, -0.1) is 0 Å². The largest absolute Gasteiger partial charge is 0.480 e. The van der Waals surface area contributed by atoms with Crippen LogP contribution in [0, 0.1) is 5.92 Å². The lowest BCUT2D eigenvalue weighted by Gasteiger charge is -2.23. The molecule has 1 heterocycles. The fraction of sp³-hybridized carbons (Fsp3) is 0.833. The smallest absolute Gasteiger partial charge is 0.326 e. The van der Waals surface area contributed by atoms with Crippen molar-refractivity contribution in [3.05, 3.63) is 0 Å². The van der Waals surface area contributed by atoms with Crippen molar-refractivity contribution in [2.45, 2.75) is 32.4 Å². The van der Waals surface area contributed by atoms with Crippen LogP contribution in [0.25, 0.3) is 0 Å². The first-order valence-electron chi connectivity index (χ1n) is 6.45. The maximum Gasteiger partial charge on any atom is 0.326 e.